The monoisotopic (exact) mass is 1760 g/mol. The molecule has 134 heavy (non-hydrogen) atoms. The molecule has 7 aromatic heterocycles. The van der Waals surface area contributed by atoms with E-state index >= 15 is 0 Å². The first kappa shape index (κ1) is 78.3. The Bertz CT molecular complexity index is 9450. The van der Waals surface area contributed by atoms with Crippen LogP contribution in [0.15, 0.2) is 480 Å². The van der Waals surface area contributed by atoms with Gasteiger partial charge < -0.3 is 13.7 Å². The summed E-state index contributed by atoms with van der Waals surface area (Å²) in [5.41, 5.74) is 29.0. The fraction of sp³-hybridized carbons (Fsp3) is 0. The van der Waals surface area contributed by atoms with E-state index in [2.05, 4.69) is 475 Å². The average molecular weight is 1760 g/mol. The summed E-state index contributed by atoms with van der Waals surface area (Å²) in [6, 6.07) is 170. The van der Waals surface area contributed by atoms with E-state index in [0.717, 1.165) is 22.6 Å². The molecular formula is C126H79N5S3. The van der Waals surface area contributed by atoms with Crippen LogP contribution in [0.5, 0.6) is 0 Å². The van der Waals surface area contributed by atoms with Crippen LogP contribution in [0.4, 0.5) is 0 Å². The molecule has 626 valence electrons. The van der Waals surface area contributed by atoms with Gasteiger partial charge in [0.25, 0.3) is 0 Å². The second-order valence-electron chi connectivity index (χ2n) is 34.5. The van der Waals surface area contributed by atoms with Crippen LogP contribution in [0, 0.1) is 0 Å². The zero-order valence-corrected chi connectivity index (χ0v) is 75.0. The van der Waals surface area contributed by atoms with Gasteiger partial charge >= 0.3 is 0 Å². The number of benzene rings is 21. The van der Waals surface area contributed by atoms with Gasteiger partial charge in [0, 0.05) is 128 Å². The lowest BCUT2D eigenvalue weighted by molar-refractivity contribution is 1.17. The van der Waals surface area contributed by atoms with Crippen LogP contribution >= 0.6 is 34.0 Å². The maximum atomic E-state index is 4.79. The van der Waals surface area contributed by atoms with Gasteiger partial charge in [0.1, 0.15) is 0 Å². The minimum atomic E-state index is 0.735. The minimum Gasteiger partial charge on any atom is -0.309 e. The summed E-state index contributed by atoms with van der Waals surface area (Å²) in [4.78, 5) is 9.58. The molecule has 28 aromatic rings. The van der Waals surface area contributed by atoms with Gasteiger partial charge in [-0.15, -0.1) is 34.0 Å². The Balaban J connectivity index is 0.000000105. The zero-order chi connectivity index (χ0) is 88.3. The standard InChI is InChI=1S/C44H27N3S.C42H27NS.C40H25NS/c1-3-11-28(12-4-1)31-19-21-38-34(25-31)41-39(47(38)37-18-9-16-30-15-7-8-17-33(30)37)27-36(44-45-23-10-24-46-44)43-42(41)35-26-32(20-22-40(35)48-43)29-13-5-2-6-14-29;1-4-10-28(11-5-1)31-16-20-34(21-17-31)43-37-22-18-32(29-12-6-2-7-13-29)26-35(37)41-38(43)23-25-40-42(41)36-27-33(19-24-39(36)44-40)30-14-8-3-9-15-30;1-3-9-26(10-4-1)30-16-19-35-33(24-30)39-36(41(35)32-18-15-28-13-7-8-14-29(28)23-32)20-22-38-40(39)34-25-31(17-21-37(34)42-38)27-11-5-2-6-12-27/h1-27H;1-27H;1-25H. The van der Waals surface area contributed by atoms with E-state index in [-0.39, 0.29) is 0 Å². The van der Waals surface area contributed by atoms with Gasteiger partial charge in [-0.05, 0) is 234 Å². The van der Waals surface area contributed by atoms with E-state index in [1.807, 2.05) is 52.5 Å². The van der Waals surface area contributed by atoms with Gasteiger partial charge in [0.05, 0.1) is 38.8 Å². The lowest BCUT2D eigenvalue weighted by Crippen LogP contribution is -1.96. The average Bonchev–Trinajstić information content (AvgIpc) is 1.55. The molecular weight excluding hydrogens is 1680 g/mol. The van der Waals surface area contributed by atoms with E-state index in [1.165, 1.54) is 231 Å². The largest absolute Gasteiger partial charge is 0.309 e. The Morgan fingerprint density at radius 3 is 0.963 bits per heavy atom. The molecule has 0 aliphatic rings. The van der Waals surface area contributed by atoms with Crippen molar-refractivity contribution in [2.75, 3.05) is 0 Å². The van der Waals surface area contributed by atoms with Crippen LogP contribution < -0.4 is 0 Å². The van der Waals surface area contributed by atoms with Crippen molar-refractivity contribution < 1.29 is 0 Å². The molecule has 21 aromatic carbocycles. The first-order valence-corrected chi connectivity index (χ1v) is 48.0. The zero-order valence-electron chi connectivity index (χ0n) is 72.6. The number of rotatable bonds is 11. The summed E-state index contributed by atoms with van der Waals surface area (Å²) in [7, 11) is 0. The Morgan fingerprint density at radius 1 is 0.172 bits per heavy atom. The molecule has 0 N–H and O–H groups in total. The predicted molar refractivity (Wildman–Crippen MR) is 575 cm³/mol. The van der Waals surface area contributed by atoms with Crippen LogP contribution in [0.25, 0.3) is 254 Å². The number of nitrogens with zero attached hydrogens (tertiary/aromatic N) is 5. The maximum absolute atomic E-state index is 4.79. The van der Waals surface area contributed by atoms with Crippen molar-refractivity contribution in [3.63, 3.8) is 0 Å². The number of fused-ring (bicyclic) bond motifs is 23. The smallest absolute Gasteiger partial charge is 0.160 e. The molecule has 0 bridgehead atoms. The van der Waals surface area contributed by atoms with E-state index in [1.54, 1.807) is 0 Å². The van der Waals surface area contributed by atoms with E-state index in [0.29, 0.717) is 0 Å². The van der Waals surface area contributed by atoms with Crippen LogP contribution in [-0.2, 0) is 0 Å². The SMILES string of the molecule is c1ccc(-c2ccc(-n3c4ccc(-c5ccccc5)cc4c4c5c(ccc43)sc3ccc(-c4ccccc4)cc35)cc2)cc1.c1ccc(-c2ccc3sc4c(-c5ncccn5)cc5c(c6cc(-c7ccccc7)ccc6n5-c5cccc6ccccc56)c4c3c2)cc1.c1ccc(-c2ccc3sc4ccc5c(c6cc(-c7ccccc7)ccc6n5-c5ccc6ccccc6c5)c4c3c2)cc1. The molecule has 0 atom stereocenters. The van der Waals surface area contributed by atoms with Crippen molar-refractivity contribution >= 4 is 181 Å². The first-order chi connectivity index (χ1) is 66.4. The van der Waals surface area contributed by atoms with Gasteiger partial charge in [0.2, 0.25) is 0 Å². The van der Waals surface area contributed by atoms with Crippen LogP contribution in [-0.4, -0.2) is 23.7 Å². The third-order valence-corrected chi connectivity index (χ3v) is 30.3. The van der Waals surface area contributed by atoms with Gasteiger partial charge in [-0.2, -0.15) is 0 Å². The molecule has 0 fully saturated rings. The van der Waals surface area contributed by atoms with Crippen molar-refractivity contribution in [2.24, 2.45) is 0 Å². The first-order valence-electron chi connectivity index (χ1n) is 45.5. The summed E-state index contributed by atoms with van der Waals surface area (Å²) < 4.78 is 15.1. The van der Waals surface area contributed by atoms with Crippen LogP contribution in [0.3, 0.4) is 0 Å². The predicted octanol–water partition coefficient (Wildman–Crippen LogP) is 35.9. The fourth-order valence-corrected chi connectivity index (χ4v) is 24.0. The molecule has 0 saturated carbocycles. The number of thiophene rings is 3. The Kier molecular flexibility index (Phi) is 19.1. The third kappa shape index (κ3) is 13.5. The summed E-state index contributed by atoms with van der Waals surface area (Å²) in [5.74, 6) is 0.735. The van der Waals surface area contributed by atoms with Gasteiger partial charge in [0.15, 0.2) is 5.82 Å². The number of aromatic nitrogens is 5. The molecule has 0 aliphatic carbocycles. The fourth-order valence-electron chi connectivity index (χ4n) is 20.6. The van der Waals surface area contributed by atoms with Crippen LogP contribution in [0.2, 0.25) is 0 Å². The third-order valence-electron chi connectivity index (χ3n) is 26.9. The Labute approximate surface area is 784 Å². The summed E-state index contributed by atoms with van der Waals surface area (Å²) >= 11 is 5.60. The highest BCUT2D eigenvalue weighted by Gasteiger charge is 2.27. The topological polar surface area (TPSA) is 40.6 Å². The molecule has 28 rings (SSSR count). The molecule has 0 amide bonds. The van der Waals surface area contributed by atoms with Crippen molar-refractivity contribution in [2.45, 2.75) is 0 Å². The lowest BCUT2D eigenvalue weighted by atomic mass is 9.97. The van der Waals surface area contributed by atoms with Gasteiger partial charge in [-0.25, -0.2) is 9.97 Å². The molecule has 5 nitrogen and oxygen atoms in total. The molecule has 0 spiro atoms. The highest BCUT2D eigenvalue weighted by molar-refractivity contribution is 7.27. The summed E-state index contributed by atoms with van der Waals surface area (Å²) in [6.07, 6.45) is 3.68. The van der Waals surface area contributed by atoms with Crippen molar-refractivity contribution in [3.05, 3.63) is 480 Å². The maximum Gasteiger partial charge on any atom is 0.160 e. The second-order valence-corrected chi connectivity index (χ2v) is 37.8. The Morgan fingerprint density at radius 2 is 0.500 bits per heavy atom. The Hall–Kier alpha value is -16.7. The molecule has 0 unspecified atom stereocenters. The molecule has 0 radical (unpaired) electrons. The number of hydrogen-bond donors (Lipinski definition) is 0. The van der Waals surface area contributed by atoms with E-state index in [4.69, 9.17) is 9.97 Å². The normalized spacial score (nSPS) is 11.7. The molecule has 8 heteroatoms. The molecule has 0 saturated heterocycles. The van der Waals surface area contributed by atoms with Crippen molar-refractivity contribution in [1.82, 2.24) is 23.7 Å². The number of hydrogen-bond acceptors (Lipinski definition) is 5. The van der Waals surface area contributed by atoms with Gasteiger partial charge in [-0.3, -0.25) is 0 Å². The second kappa shape index (κ2) is 32.7. The summed E-state index contributed by atoms with van der Waals surface area (Å²) in [5, 5.41) is 20.5. The van der Waals surface area contributed by atoms with Crippen molar-refractivity contribution in [1.29, 1.82) is 0 Å². The highest BCUT2D eigenvalue weighted by Crippen LogP contribution is 2.52. The quantitative estimate of drug-likeness (QED) is 0.129. The van der Waals surface area contributed by atoms with E-state index < -0.39 is 0 Å². The van der Waals surface area contributed by atoms with Crippen LogP contribution in [0.1, 0.15) is 0 Å². The molecule has 7 heterocycles. The minimum absolute atomic E-state index is 0.735. The molecule has 0 aliphatic heterocycles. The summed E-state index contributed by atoms with van der Waals surface area (Å²) in [6.45, 7) is 0. The van der Waals surface area contributed by atoms with Crippen molar-refractivity contribution in [3.8, 4) is 106 Å². The lowest BCUT2D eigenvalue weighted by Gasteiger charge is -2.13. The van der Waals surface area contributed by atoms with Gasteiger partial charge in [-0.1, -0.05) is 328 Å². The van der Waals surface area contributed by atoms with E-state index in [9.17, 15) is 0 Å². The highest BCUT2D eigenvalue weighted by atomic mass is 32.1.